The van der Waals surface area contributed by atoms with Gasteiger partial charge in [0.2, 0.25) is 0 Å². The lowest BCUT2D eigenvalue weighted by Crippen LogP contribution is -2.09. The Bertz CT molecular complexity index is 443. The minimum absolute atomic E-state index is 0.0903. The molecule has 0 aliphatic carbocycles. The van der Waals surface area contributed by atoms with Crippen LogP contribution >= 0.6 is 7.60 Å². The van der Waals surface area contributed by atoms with E-state index in [1.54, 1.807) is 31.2 Å². The summed E-state index contributed by atoms with van der Waals surface area (Å²) in [5.41, 5.74) is 0.281. The topological polar surface area (TPSA) is 72.8 Å². The Morgan fingerprint density at radius 2 is 2.06 bits per heavy atom. The molecule has 0 heterocycles. The van der Waals surface area contributed by atoms with E-state index in [-0.39, 0.29) is 12.2 Å². The van der Waals surface area contributed by atoms with Gasteiger partial charge in [-0.3, -0.25) is 9.36 Å². The average molecular weight is 258 g/mol. The Morgan fingerprint density at radius 3 is 2.65 bits per heavy atom. The molecule has 1 unspecified atom stereocenters. The maximum Gasteiger partial charge on any atom is 0.335 e. The second kappa shape index (κ2) is 5.96. The van der Waals surface area contributed by atoms with Gasteiger partial charge in [0.15, 0.2) is 5.78 Å². The summed E-state index contributed by atoms with van der Waals surface area (Å²) in [7, 11) is -2.41. The fourth-order valence-corrected chi connectivity index (χ4v) is 2.42. The van der Waals surface area contributed by atoms with E-state index in [2.05, 4.69) is 4.52 Å². The van der Waals surface area contributed by atoms with Crippen molar-refractivity contribution < 1.29 is 23.5 Å². The third-order valence-corrected chi connectivity index (χ3v) is 3.43. The Morgan fingerprint density at radius 1 is 1.41 bits per heavy atom. The monoisotopic (exact) mass is 258 g/mol. The van der Waals surface area contributed by atoms with Crippen molar-refractivity contribution in [1.29, 1.82) is 0 Å². The molecule has 0 aromatic heterocycles. The predicted molar refractivity (Wildman–Crippen MR) is 63.6 cm³/mol. The molecule has 0 spiro atoms. The fourth-order valence-electron chi connectivity index (χ4n) is 1.39. The van der Waals surface area contributed by atoms with Crippen molar-refractivity contribution in [3.8, 4) is 5.75 Å². The second-order valence-electron chi connectivity index (χ2n) is 3.34. The SMILES string of the molecule is CCOP(=O)(O)CC(=O)c1ccccc1OC. The number of ketones is 1. The standard InChI is InChI=1S/C11H15O5P/c1-3-16-17(13,14)8-10(12)9-6-4-5-7-11(9)15-2/h4-7H,3,8H2,1-2H3,(H,13,14). The molecule has 94 valence electrons. The molecule has 0 fully saturated rings. The highest BCUT2D eigenvalue weighted by atomic mass is 31.2. The largest absolute Gasteiger partial charge is 0.496 e. The van der Waals surface area contributed by atoms with Gasteiger partial charge in [-0.15, -0.1) is 0 Å². The van der Waals surface area contributed by atoms with Crippen LogP contribution in [0.1, 0.15) is 17.3 Å². The summed E-state index contributed by atoms with van der Waals surface area (Å²) in [6.45, 7) is 1.68. The van der Waals surface area contributed by atoms with Crippen LogP contribution in [0.25, 0.3) is 0 Å². The number of Topliss-reactive ketones (excluding diaryl/α,β-unsaturated/α-hetero) is 1. The summed E-state index contributed by atoms with van der Waals surface area (Å²) in [6, 6.07) is 6.55. The minimum Gasteiger partial charge on any atom is -0.496 e. The third kappa shape index (κ3) is 3.97. The molecular formula is C11H15O5P. The summed E-state index contributed by atoms with van der Waals surface area (Å²) in [5.74, 6) is -0.0873. The second-order valence-corrected chi connectivity index (χ2v) is 5.19. The van der Waals surface area contributed by atoms with Crippen LogP contribution in [0.5, 0.6) is 5.75 Å². The number of para-hydroxylation sites is 1. The number of hydrogen-bond donors (Lipinski definition) is 1. The van der Waals surface area contributed by atoms with Crippen molar-refractivity contribution in [1.82, 2.24) is 0 Å². The molecular weight excluding hydrogens is 243 g/mol. The summed E-state index contributed by atoms with van der Waals surface area (Å²) in [4.78, 5) is 21.2. The van der Waals surface area contributed by atoms with Gasteiger partial charge in [0.25, 0.3) is 0 Å². The lowest BCUT2D eigenvalue weighted by atomic mass is 10.1. The van der Waals surface area contributed by atoms with Gasteiger partial charge in [0, 0.05) is 0 Å². The molecule has 0 amide bonds. The van der Waals surface area contributed by atoms with E-state index in [0.717, 1.165) is 0 Å². The maximum atomic E-state index is 11.8. The quantitative estimate of drug-likeness (QED) is 0.624. The molecule has 6 heteroatoms. The Hall–Kier alpha value is -1.16. The van der Waals surface area contributed by atoms with Crippen LogP contribution in [0, 0.1) is 0 Å². The van der Waals surface area contributed by atoms with E-state index in [4.69, 9.17) is 4.74 Å². The van der Waals surface area contributed by atoms with Crippen LogP contribution in [0.15, 0.2) is 24.3 Å². The van der Waals surface area contributed by atoms with Gasteiger partial charge in [0.05, 0.1) is 19.3 Å². The van der Waals surface area contributed by atoms with Crippen LogP contribution in [0.2, 0.25) is 0 Å². The van der Waals surface area contributed by atoms with Gasteiger partial charge in [0.1, 0.15) is 11.9 Å². The highest BCUT2D eigenvalue weighted by Crippen LogP contribution is 2.42. The number of hydrogen-bond acceptors (Lipinski definition) is 4. The fraction of sp³-hybridized carbons (Fsp3) is 0.364. The maximum absolute atomic E-state index is 11.8. The molecule has 1 atom stereocenters. The molecule has 0 saturated heterocycles. The van der Waals surface area contributed by atoms with Crippen LogP contribution < -0.4 is 4.74 Å². The summed E-state index contributed by atoms with van der Waals surface area (Å²) in [5, 5.41) is 0. The van der Waals surface area contributed by atoms with Crippen molar-refractivity contribution in [2.75, 3.05) is 19.9 Å². The minimum atomic E-state index is -3.85. The van der Waals surface area contributed by atoms with Crippen molar-refractivity contribution in [3.05, 3.63) is 29.8 Å². The van der Waals surface area contributed by atoms with Crippen molar-refractivity contribution in [2.45, 2.75) is 6.92 Å². The molecule has 1 aromatic rings. The first-order chi connectivity index (χ1) is 8.00. The van der Waals surface area contributed by atoms with Crippen LogP contribution in [-0.2, 0) is 9.09 Å². The molecule has 0 bridgehead atoms. The molecule has 1 aromatic carbocycles. The number of rotatable bonds is 6. The highest BCUT2D eigenvalue weighted by Gasteiger charge is 2.25. The molecule has 1 N–H and O–H groups in total. The predicted octanol–water partition coefficient (Wildman–Crippen LogP) is 2.10. The summed E-state index contributed by atoms with van der Waals surface area (Å²) < 4.78 is 21.1. The lowest BCUT2D eigenvalue weighted by Gasteiger charge is -2.11. The van der Waals surface area contributed by atoms with Crippen LogP contribution in [0.3, 0.4) is 0 Å². The summed E-state index contributed by atoms with van der Waals surface area (Å²) >= 11 is 0. The van der Waals surface area contributed by atoms with Crippen molar-refractivity contribution in [3.63, 3.8) is 0 Å². The van der Waals surface area contributed by atoms with E-state index in [0.29, 0.717) is 5.75 Å². The molecule has 1 rings (SSSR count). The Balaban J connectivity index is 2.87. The first kappa shape index (κ1) is 13.9. The Kier molecular flexibility index (Phi) is 4.87. The number of ether oxygens (including phenoxy) is 1. The number of benzene rings is 1. The zero-order valence-electron chi connectivity index (χ0n) is 9.75. The van der Waals surface area contributed by atoms with Gasteiger partial charge < -0.3 is 14.2 Å². The van der Waals surface area contributed by atoms with E-state index in [1.807, 2.05) is 0 Å². The van der Waals surface area contributed by atoms with Gasteiger partial charge in [-0.25, -0.2) is 0 Å². The molecule has 0 aliphatic heterocycles. The molecule has 0 saturated carbocycles. The van der Waals surface area contributed by atoms with Gasteiger partial charge in [-0.1, -0.05) is 12.1 Å². The highest BCUT2D eigenvalue weighted by molar-refractivity contribution is 7.53. The molecule has 17 heavy (non-hydrogen) atoms. The van der Waals surface area contributed by atoms with Gasteiger partial charge in [-0.2, -0.15) is 0 Å². The van der Waals surface area contributed by atoms with E-state index in [9.17, 15) is 14.3 Å². The first-order valence-corrected chi connectivity index (χ1v) is 6.89. The average Bonchev–Trinajstić information content (AvgIpc) is 2.28. The first-order valence-electron chi connectivity index (χ1n) is 5.12. The third-order valence-electron chi connectivity index (χ3n) is 2.08. The normalized spacial score (nSPS) is 14.1. The van der Waals surface area contributed by atoms with E-state index in [1.165, 1.54) is 7.11 Å². The smallest absolute Gasteiger partial charge is 0.335 e. The van der Waals surface area contributed by atoms with E-state index < -0.39 is 19.5 Å². The molecule has 5 nitrogen and oxygen atoms in total. The zero-order chi connectivity index (χ0) is 12.9. The summed E-state index contributed by atoms with van der Waals surface area (Å²) in [6.07, 6.45) is -0.540. The molecule has 0 aliphatic rings. The van der Waals surface area contributed by atoms with Crippen molar-refractivity contribution in [2.24, 2.45) is 0 Å². The number of carbonyl (C=O) groups is 1. The Labute approximate surface area is 99.9 Å². The zero-order valence-corrected chi connectivity index (χ0v) is 10.6. The molecule has 0 radical (unpaired) electrons. The number of carbonyl (C=O) groups excluding carboxylic acids is 1. The van der Waals surface area contributed by atoms with Crippen molar-refractivity contribution >= 4 is 13.4 Å². The van der Waals surface area contributed by atoms with E-state index >= 15 is 0 Å². The lowest BCUT2D eigenvalue weighted by molar-refractivity contribution is 0.101. The van der Waals surface area contributed by atoms with Crippen LogP contribution in [0.4, 0.5) is 0 Å². The van der Waals surface area contributed by atoms with Gasteiger partial charge >= 0.3 is 7.60 Å². The number of methoxy groups -OCH3 is 1. The van der Waals surface area contributed by atoms with Gasteiger partial charge in [-0.05, 0) is 19.1 Å². The van der Waals surface area contributed by atoms with Crippen LogP contribution in [-0.4, -0.2) is 30.6 Å².